The molecule has 0 atom stereocenters. The van der Waals surface area contributed by atoms with Gasteiger partial charge in [-0.05, 0) is 46.3 Å². The van der Waals surface area contributed by atoms with Crippen molar-refractivity contribution in [1.29, 1.82) is 0 Å². The van der Waals surface area contributed by atoms with Gasteiger partial charge in [-0.2, -0.15) is 0 Å². The van der Waals surface area contributed by atoms with Crippen molar-refractivity contribution in [3.8, 4) is 0 Å². The highest BCUT2D eigenvalue weighted by Gasteiger charge is 2.13. The predicted octanol–water partition coefficient (Wildman–Crippen LogP) is 4.74. The molecule has 0 saturated carbocycles. The molecular weight excluding hydrogens is 384 g/mol. The lowest BCUT2D eigenvalue weighted by atomic mass is 10.2. The Hall–Kier alpha value is -1.27. The van der Waals surface area contributed by atoms with E-state index in [4.69, 9.17) is 0 Å². The summed E-state index contributed by atoms with van der Waals surface area (Å²) in [4.78, 5) is 12.0. The molecule has 0 aliphatic carbocycles. The zero-order chi connectivity index (χ0) is 14.0. The third-order valence-electron chi connectivity index (χ3n) is 2.36. The summed E-state index contributed by atoms with van der Waals surface area (Å²) in [5, 5.41) is 2.39. The van der Waals surface area contributed by atoms with E-state index in [1.807, 2.05) is 0 Å². The predicted molar refractivity (Wildman–Crippen MR) is 76.2 cm³/mol. The average molecular weight is 391 g/mol. The second-order valence-corrected chi connectivity index (χ2v) is 5.47. The molecule has 0 bridgehead atoms. The van der Waals surface area contributed by atoms with E-state index in [-0.39, 0.29) is 5.69 Å². The minimum Gasteiger partial charge on any atom is -0.319 e. The van der Waals surface area contributed by atoms with Gasteiger partial charge in [-0.1, -0.05) is 15.9 Å². The second-order valence-electron chi connectivity index (χ2n) is 3.70. The Bertz CT molecular complexity index is 647. The molecule has 19 heavy (non-hydrogen) atoms. The van der Waals surface area contributed by atoms with E-state index < -0.39 is 17.5 Å². The molecule has 0 aromatic heterocycles. The summed E-state index contributed by atoms with van der Waals surface area (Å²) in [6.07, 6.45) is 0. The SMILES string of the molecule is O=C(Nc1ccc(F)cc1F)c1ccc(Br)cc1Br. The first-order chi connectivity index (χ1) is 8.97. The number of amides is 1. The second kappa shape index (κ2) is 5.79. The van der Waals surface area contributed by atoms with Crippen LogP contribution < -0.4 is 5.32 Å². The lowest BCUT2D eigenvalue weighted by molar-refractivity contribution is 0.102. The van der Waals surface area contributed by atoms with E-state index >= 15 is 0 Å². The van der Waals surface area contributed by atoms with Crippen molar-refractivity contribution in [2.24, 2.45) is 0 Å². The fourth-order valence-electron chi connectivity index (χ4n) is 1.45. The Morgan fingerprint density at radius 1 is 1.05 bits per heavy atom. The third kappa shape index (κ3) is 3.39. The molecule has 2 aromatic rings. The normalized spacial score (nSPS) is 10.3. The number of carbonyl (C=O) groups is 1. The number of nitrogens with one attached hydrogen (secondary N) is 1. The van der Waals surface area contributed by atoms with Crippen LogP contribution in [-0.2, 0) is 0 Å². The number of benzene rings is 2. The van der Waals surface area contributed by atoms with E-state index in [0.717, 1.165) is 10.5 Å². The molecule has 2 nitrogen and oxygen atoms in total. The van der Waals surface area contributed by atoms with Crippen molar-refractivity contribution in [2.75, 3.05) is 5.32 Å². The summed E-state index contributed by atoms with van der Waals surface area (Å²) < 4.78 is 27.5. The molecule has 1 N–H and O–H groups in total. The number of hydrogen-bond donors (Lipinski definition) is 1. The van der Waals surface area contributed by atoms with E-state index in [1.165, 1.54) is 6.07 Å². The van der Waals surface area contributed by atoms with E-state index in [9.17, 15) is 13.6 Å². The van der Waals surface area contributed by atoms with Gasteiger partial charge in [0.1, 0.15) is 11.6 Å². The maximum absolute atomic E-state index is 13.4. The fraction of sp³-hybridized carbons (Fsp3) is 0. The summed E-state index contributed by atoms with van der Waals surface area (Å²) >= 11 is 6.52. The van der Waals surface area contributed by atoms with Crippen LogP contribution in [0.3, 0.4) is 0 Å². The summed E-state index contributed by atoms with van der Waals surface area (Å²) in [5.41, 5.74) is 0.285. The first-order valence-corrected chi connectivity index (χ1v) is 6.77. The van der Waals surface area contributed by atoms with Gasteiger partial charge in [-0.25, -0.2) is 8.78 Å². The van der Waals surface area contributed by atoms with Gasteiger partial charge in [0.15, 0.2) is 0 Å². The van der Waals surface area contributed by atoms with Crippen LogP contribution in [0.4, 0.5) is 14.5 Å². The molecule has 0 radical (unpaired) electrons. The molecule has 2 aromatic carbocycles. The van der Waals surface area contributed by atoms with Gasteiger partial charge in [-0.3, -0.25) is 4.79 Å². The topological polar surface area (TPSA) is 29.1 Å². The summed E-state index contributed by atoms with van der Waals surface area (Å²) in [6, 6.07) is 7.96. The number of rotatable bonds is 2. The van der Waals surface area contributed by atoms with Crippen LogP contribution in [0.5, 0.6) is 0 Å². The van der Waals surface area contributed by atoms with Crippen molar-refractivity contribution in [1.82, 2.24) is 0 Å². The van der Waals surface area contributed by atoms with Crippen LogP contribution in [0.2, 0.25) is 0 Å². The molecule has 98 valence electrons. The third-order valence-corrected chi connectivity index (χ3v) is 3.50. The zero-order valence-corrected chi connectivity index (χ0v) is 12.6. The molecule has 0 heterocycles. The zero-order valence-electron chi connectivity index (χ0n) is 9.38. The van der Waals surface area contributed by atoms with Crippen LogP contribution in [0.25, 0.3) is 0 Å². The van der Waals surface area contributed by atoms with Crippen LogP contribution in [0.1, 0.15) is 10.4 Å². The Labute approximate surface area is 125 Å². The Morgan fingerprint density at radius 3 is 2.42 bits per heavy atom. The van der Waals surface area contributed by atoms with E-state index in [0.29, 0.717) is 16.1 Å². The van der Waals surface area contributed by atoms with Crippen molar-refractivity contribution in [3.63, 3.8) is 0 Å². The summed E-state index contributed by atoms with van der Waals surface area (Å²) in [7, 11) is 0. The van der Waals surface area contributed by atoms with Gasteiger partial charge in [0, 0.05) is 15.0 Å². The maximum Gasteiger partial charge on any atom is 0.256 e. The van der Waals surface area contributed by atoms with Crippen molar-refractivity contribution in [2.45, 2.75) is 0 Å². The lowest BCUT2D eigenvalue weighted by Crippen LogP contribution is -2.13. The minimum atomic E-state index is -0.818. The quantitative estimate of drug-likeness (QED) is 0.788. The van der Waals surface area contributed by atoms with Gasteiger partial charge < -0.3 is 5.32 Å². The molecule has 0 unspecified atom stereocenters. The smallest absolute Gasteiger partial charge is 0.256 e. The standard InChI is InChI=1S/C13H7Br2F2NO/c14-7-1-3-9(10(15)5-7)13(19)18-12-4-2-8(16)6-11(12)17/h1-6H,(H,18,19). The van der Waals surface area contributed by atoms with Crippen LogP contribution in [0, 0.1) is 11.6 Å². The van der Waals surface area contributed by atoms with Crippen LogP contribution in [0.15, 0.2) is 45.3 Å². The lowest BCUT2D eigenvalue weighted by Gasteiger charge is -2.08. The van der Waals surface area contributed by atoms with E-state index in [2.05, 4.69) is 37.2 Å². The highest BCUT2D eigenvalue weighted by Crippen LogP contribution is 2.23. The van der Waals surface area contributed by atoms with Gasteiger partial charge in [-0.15, -0.1) is 0 Å². The molecule has 1 amide bonds. The monoisotopic (exact) mass is 389 g/mol. The molecule has 2 rings (SSSR count). The molecule has 6 heteroatoms. The summed E-state index contributed by atoms with van der Waals surface area (Å²) in [6.45, 7) is 0. The van der Waals surface area contributed by atoms with Crippen LogP contribution >= 0.6 is 31.9 Å². The van der Waals surface area contributed by atoms with Gasteiger partial charge in [0.2, 0.25) is 0 Å². The van der Waals surface area contributed by atoms with Gasteiger partial charge >= 0.3 is 0 Å². The van der Waals surface area contributed by atoms with Gasteiger partial charge in [0.05, 0.1) is 11.3 Å². The highest BCUT2D eigenvalue weighted by molar-refractivity contribution is 9.11. The Morgan fingerprint density at radius 2 is 1.79 bits per heavy atom. The van der Waals surface area contributed by atoms with Crippen molar-refractivity contribution < 1.29 is 13.6 Å². The fourth-order valence-corrected chi connectivity index (χ4v) is 2.68. The highest BCUT2D eigenvalue weighted by atomic mass is 79.9. The van der Waals surface area contributed by atoms with Gasteiger partial charge in [0.25, 0.3) is 5.91 Å². The number of hydrogen-bond acceptors (Lipinski definition) is 1. The Kier molecular flexibility index (Phi) is 4.31. The Balaban J connectivity index is 2.25. The number of anilines is 1. The maximum atomic E-state index is 13.4. The van der Waals surface area contributed by atoms with Crippen molar-refractivity contribution in [3.05, 3.63) is 62.5 Å². The molecule has 0 fully saturated rings. The van der Waals surface area contributed by atoms with E-state index in [1.54, 1.807) is 18.2 Å². The largest absolute Gasteiger partial charge is 0.319 e. The van der Waals surface area contributed by atoms with Crippen molar-refractivity contribution >= 4 is 43.5 Å². The molecular formula is C13H7Br2F2NO. The molecule has 0 saturated heterocycles. The molecule has 0 spiro atoms. The molecule has 0 aliphatic rings. The molecule has 0 aliphatic heterocycles. The minimum absolute atomic E-state index is 0.0683. The first-order valence-electron chi connectivity index (χ1n) is 5.19. The first kappa shape index (κ1) is 14.1. The number of halogens is 4. The summed E-state index contributed by atoms with van der Waals surface area (Å²) in [5.74, 6) is -1.99. The number of carbonyl (C=O) groups excluding carboxylic acids is 1. The average Bonchev–Trinajstić information content (AvgIpc) is 2.32. The van der Waals surface area contributed by atoms with Crippen LogP contribution in [-0.4, -0.2) is 5.91 Å².